The molecule has 1 heterocycles. The zero-order valence-corrected chi connectivity index (χ0v) is 16.3. The number of likely N-dealkylation sites (N-methyl/N-ethyl adjacent to an activating group) is 1. The first-order valence-electron chi connectivity index (χ1n) is 8.79. The van der Waals surface area contributed by atoms with Crippen LogP contribution in [0.5, 0.6) is 5.75 Å². The molecule has 0 atom stereocenters. The highest BCUT2D eigenvalue weighted by Gasteiger charge is 2.09. The van der Waals surface area contributed by atoms with Crippen molar-refractivity contribution in [3.05, 3.63) is 65.0 Å². The maximum Gasteiger partial charge on any atom is 0.238 e. The number of nitrogens with one attached hydrogen (secondary N) is 1. The molecule has 0 saturated carbocycles. The van der Waals surface area contributed by atoms with E-state index in [1.54, 1.807) is 11.3 Å². The number of aryl methyl sites for hydroxylation is 1. The number of hydrogen-bond donors (Lipinski definition) is 1. The minimum Gasteiger partial charge on any atom is -0.492 e. The molecule has 1 N–H and O–H groups in total. The molecule has 3 rings (SSSR count). The largest absolute Gasteiger partial charge is 0.492 e. The van der Waals surface area contributed by atoms with Gasteiger partial charge < -0.3 is 10.1 Å². The Morgan fingerprint density at radius 1 is 1.19 bits per heavy atom. The summed E-state index contributed by atoms with van der Waals surface area (Å²) in [5.41, 5.74) is 2.71. The smallest absolute Gasteiger partial charge is 0.238 e. The summed E-state index contributed by atoms with van der Waals surface area (Å²) >= 11 is 1.62. The van der Waals surface area contributed by atoms with Crippen LogP contribution in [-0.4, -0.2) is 42.5 Å². The summed E-state index contributed by atoms with van der Waals surface area (Å²) in [5.74, 6) is 0.785. The molecule has 140 valence electrons. The molecule has 0 aliphatic rings. The van der Waals surface area contributed by atoms with Crippen LogP contribution in [0.2, 0.25) is 0 Å². The van der Waals surface area contributed by atoms with E-state index in [9.17, 15) is 4.79 Å². The summed E-state index contributed by atoms with van der Waals surface area (Å²) < 4.78 is 5.66. The minimum atomic E-state index is -0.0520. The van der Waals surface area contributed by atoms with Gasteiger partial charge in [0.05, 0.1) is 17.2 Å². The predicted octanol–water partition coefficient (Wildman–Crippen LogP) is 4.07. The Morgan fingerprint density at radius 3 is 2.74 bits per heavy atom. The molecule has 0 fully saturated rings. The molecule has 1 aromatic heterocycles. The SMILES string of the molecule is Cc1nc(-c2cccc(NC(=O)CN(C)CCOc3ccccc3)c2)cs1. The van der Waals surface area contributed by atoms with Crippen LogP contribution in [0.1, 0.15) is 5.01 Å². The molecule has 0 aliphatic carbocycles. The fraction of sp³-hybridized carbons (Fsp3) is 0.238. The number of rotatable bonds is 8. The lowest BCUT2D eigenvalue weighted by Crippen LogP contribution is -2.33. The van der Waals surface area contributed by atoms with Crippen molar-refractivity contribution in [1.82, 2.24) is 9.88 Å². The maximum absolute atomic E-state index is 12.3. The minimum absolute atomic E-state index is 0.0520. The van der Waals surface area contributed by atoms with Crippen molar-refractivity contribution in [3.8, 4) is 17.0 Å². The first-order chi connectivity index (χ1) is 13.1. The molecule has 3 aromatic rings. The van der Waals surface area contributed by atoms with E-state index in [1.807, 2.05) is 78.8 Å². The van der Waals surface area contributed by atoms with E-state index in [-0.39, 0.29) is 5.91 Å². The van der Waals surface area contributed by atoms with E-state index >= 15 is 0 Å². The lowest BCUT2D eigenvalue weighted by atomic mass is 10.1. The molecule has 2 aromatic carbocycles. The van der Waals surface area contributed by atoms with E-state index in [4.69, 9.17) is 4.74 Å². The summed E-state index contributed by atoms with van der Waals surface area (Å²) in [7, 11) is 1.91. The van der Waals surface area contributed by atoms with E-state index in [0.717, 1.165) is 27.7 Å². The third-order valence-electron chi connectivity index (χ3n) is 3.96. The Labute approximate surface area is 163 Å². The first-order valence-corrected chi connectivity index (χ1v) is 9.67. The van der Waals surface area contributed by atoms with Gasteiger partial charge in [0.25, 0.3) is 0 Å². The molecule has 27 heavy (non-hydrogen) atoms. The molecule has 0 aliphatic heterocycles. The zero-order chi connectivity index (χ0) is 19.1. The van der Waals surface area contributed by atoms with Crippen molar-refractivity contribution in [2.24, 2.45) is 0 Å². The third kappa shape index (κ3) is 5.91. The number of ether oxygens (including phenoxy) is 1. The van der Waals surface area contributed by atoms with Crippen LogP contribution in [-0.2, 0) is 4.79 Å². The molecule has 6 heteroatoms. The number of thiazole rings is 1. The number of carbonyl (C=O) groups excluding carboxylic acids is 1. The second kappa shape index (κ2) is 9.30. The van der Waals surface area contributed by atoms with Crippen molar-refractivity contribution in [1.29, 1.82) is 0 Å². The van der Waals surface area contributed by atoms with Gasteiger partial charge in [-0.2, -0.15) is 0 Å². The van der Waals surface area contributed by atoms with Crippen LogP contribution in [0.4, 0.5) is 5.69 Å². The second-order valence-corrected chi connectivity index (χ2v) is 7.34. The van der Waals surface area contributed by atoms with Crippen molar-refractivity contribution < 1.29 is 9.53 Å². The van der Waals surface area contributed by atoms with Gasteiger partial charge >= 0.3 is 0 Å². The highest BCUT2D eigenvalue weighted by Crippen LogP contribution is 2.24. The van der Waals surface area contributed by atoms with Crippen LogP contribution in [0, 0.1) is 6.92 Å². The van der Waals surface area contributed by atoms with Gasteiger partial charge in [0, 0.05) is 23.2 Å². The molecule has 5 nitrogen and oxygen atoms in total. The van der Waals surface area contributed by atoms with Gasteiger partial charge in [0.1, 0.15) is 12.4 Å². The average Bonchev–Trinajstić information content (AvgIpc) is 3.09. The van der Waals surface area contributed by atoms with Gasteiger partial charge in [-0.05, 0) is 38.2 Å². The molecule has 0 saturated heterocycles. The standard InChI is InChI=1S/C21H23N3O2S/c1-16-22-20(15-27-16)17-7-6-8-18(13-17)23-21(25)14-24(2)11-12-26-19-9-4-3-5-10-19/h3-10,13,15H,11-12,14H2,1-2H3,(H,23,25). The summed E-state index contributed by atoms with van der Waals surface area (Å²) in [6.07, 6.45) is 0. The Kier molecular flexibility index (Phi) is 6.57. The monoisotopic (exact) mass is 381 g/mol. The average molecular weight is 382 g/mol. The van der Waals surface area contributed by atoms with Gasteiger partial charge in [-0.15, -0.1) is 11.3 Å². The Hall–Kier alpha value is -2.70. The highest BCUT2D eigenvalue weighted by molar-refractivity contribution is 7.09. The normalized spacial score (nSPS) is 10.8. The lowest BCUT2D eigenvalue weighted by molar-refractivity contribution is -0.117. The first kappa shape index (κ1) is 19.1. The Balaban J connectivity index is 1.47. The van der Waals surface area contributed by atoms with Crippen molar-refractivity contribution in [2.45, 2.75) is 6.92 Å². The summed E-state index contributed by atoms with van der Waals surface area (Å²) in [6.45, 7) is 3.49. The molecule has 0 unspecified atom stereocenters. The number of hydrogen-bond acceptors (Lipinski definition) is 5. The van der Waals surface area contributed by atoms with Crippen LogP contribution in [0.15, 0.2) is 60.0 Å². The van der Waals surface area contributed by atoms with E-state index < -0.39 is 0 Å². The predicted molar refractivity (Wildman–Crippen MR) is 110 cm³/mol. The number of nitrogens with zero attached hydrogens (tertiary/aromatic N) is 2. The van der Waals surface area contributed by atoms with Gasteiger partial charge in [0.15, 0.2) is 0 Å². The molecule has 0 radical (unpaired) electrons. The topological polar surface area (TPSA) is 54.5 Å². The number of aromatic nitrogens is 1. The van der Waals surface area contributed by atoms with E-state index in [2.05, 4.69) is 10.3 Å². The Morgan fingerprint density at radius 2 is 2.00 bits per heavy atom. The summed E-state index contributed by atoms with van der Waals surface area (Å²) in [6, 6.07) is 17.4. The molecular formula is C21H23N3O2S. The van der Waals surface area contributed by atoms with E-state index in [0.29, 0.717) is 19.7 Å². The van der Waals surface area contributed by atoms with Crippen LogP contribution in [0.25, 0.3) is 11.3 Å². The fourth-order valence-corrected chi connectivity index (χ4v) is 3.24. The molecular weight excluding hydrogens is 358 g/mol. The van der Waals surface area contributed by atoms with Gasteiger partial charge in [-0.1, -0.05) is 30.3 Å². The number of carbonyl (C=O) groups is 1. The number of para-hydroxylation sites is 1. The number of amides is 1. The van der Waals surface area contributed by atoms with Gasteiger partial charge in [0.2, 0.25) is 5.91 Å². The zero-order valence-electron chi connectivity index (χ0n) is 15.5. The quantitative estimate of drug-likeness (QED) is 0.639. The lowest BCUT2D eigenvalue weighted by Gasteiger charge is -2.16. The van der Waals surface area contributed by atoms with Crippen LogP contribution < -0.4 is 10.1 Å². The van der Waals surface area contributed by atoms with Crippen LogP contribution >= 0.6 is 11.3 Å². The maximum atomic E-state index is 12.3. The van der Waals surface area contributed by atoms with Crippen molar-refractivity contribution >= 4 is 22.9 Å². The number of benzene rings is 2. The summed E-state index contributed by atoms with van der Waals surface area (Å²) in [5, 5.41) is 6.00. The van der Waals surface area contributed by atoms with Gasteiger partial charge in [-0.3, -0.25) is 9.69 Å². The highest BCUT2D eigenvalue weighted by atomic mass is 32.1. The third-order valence-corrected chi connectivity index (χ3v) is 4.73. The fourth-order valence-electron chi connectivity index (χ4n) is 2.61. The Bertz CT molecular complexity index is 880. The molecule has 0 spiro atoms. The second-order valence-electron chi connectivity index (χ2n) is 6.28. The van der Waals surface area contributed by atoms with Crippen molar-refractivity contribution in [2.75, 3.05) is 32.1 Å². The van der Waals surface area contributed by atoms with Crippen molar-refractivity contribution in [3.63, 3.8) is 0 Å². The van der Waals surface area contributed by atoms with E-state index in [1.165, 1.54) is 0 Å². The molecule has 0 bridgehead atoms. The van der Waals surface area contributed by atoms with Crippen LogP contribution in [0.3, 0.4) is 0 Å². The number of anilines is 1. The molecule has 1 amide bonds. The van der Waals surface area contributed by atoms with Gasteiger partial charge in [-0.25, -0.2) is 4.98 Å². The summed E-state index contributed by atoms with van der Waals surface area (Å²) in [4.78, 5) is 18.7.